The lowest BCUT2D eigenvalue weighted by Crippen LogP contribution is -2.22. The van der Waals surface area contributed by atoms with Crippen LogP contribution in [0.2, 0.25) is 5.02 Å². The average molecular weight is 361 g/mol. The van der Waals surface area contributed by atoms with Crippen LogP contribution in [0.15, 0.2) is 58.4 Å². The van der Waals surface area contributed by atoms with Crippen LogP contribution in [-0.2, 0) is 4.79 Å². The molecule has 1 amide bonds. The van der Waals surface area contributed by atoms with E-state index in [9.17, 15) is 4.79 Å². The molecule has 24 heavy (non-hydrogen) atoms. The highest BCUT2D eigenvalue weighted by Crippen LogP contribution is 2.27. The monoisotopic (exact) mass is 360 g/mol. The molecule has 0 spiro atoms. The van der Waals surface area contributed by atoms with Crippen molar-refractivity contribution in [3.05, 3.63) is 53.8 Å². The highest BCUT2D eigenvalue weighted by Gasteiger charge is 2.19. The lowest BCUT2D eigenvalue weighted by atomic mass is 10.3. The van der Waals surface area contributed by atoms with Crippen molar-refractivity contribution >= 4 is 35.0 Å². The zero-order valence-electron chi connectivity index (χ0n) is 12.6. The number of nitrogens with one attached hydrogen (secondary N) is 1. The zero-order chi connectivity index (χ0) is 16.9. The minimum absolute atomic E-state index is 0.200. The van der Waals surface area contributed by atoms with Crippen molar-refractivity contribution in [2.45, 2.75) is 17.4 Å². The fourth-order valence-electron chi connectivity index (χ4n) is 1.87. The number of para-hydroxylation sites is 1. The molecule has 2 aromatic heterocycles. The van der Waals surface area contributed by atoms with Crippen LogP contribution in [0.25, 0.3) is 11.5 Å². The summed E-state index contributed by atoms with van der Waals surface area (Å²) in [6, 6.07) is 10.7. The molecule has 0 unspecified atom stereocenters. The van der Waals surface area contributed by atoms with Gasteiger partial charge in [-0.25, -0.2) is 0 Å². The number of rotatable bonds is 5. The summed E-state index contributed by atoms with van der Waals surface area (Å²) in [5.74, 6) is 0.165. The number of carbonyl (C=O) groups is 1. The smallest absolute Gasteiger partial charge is 0.277 e. The fourth-order valence-corrected chi connectivity index (χ4v) is 2.73. The highest BCUT2D eigenvalue weighted by molar-refractivity contribution is 8.00. The number of aromatic nitrogens is 3. The number of halogens is 1. The number of nitrogens with zero attached hydrogens (tertiary/aromatic N) is 3. The van der Waals surface area contributed by atoms with Crippen LogP contribution in [0.5, 0.6) is 0 Å². The Morgan fingerprint density at radius 2 is 2.08 bits per heavy atom. The summed E-state index contributed by atoms with van der Waals surface area (Å²) in [6.07, 6.45) is 3.30. The predicted octanol–water partition coefficient (Wildman–Crippen LogP) is 3.90. The van der Waals surface area contributed by atoms with Crippen LogP contribution in [0.1, 0.15) is 6.92 Å². The minimum Gasteiger partial charge on any atom is -0.411 e. The quantitative estimate of drug-likeness (QED) is 0.695. The Bertz CT molecular complexity index is 841. The molecule has 0 aliphatic rings. The number of benzene rings is 1. The molecule has 0 aliphatic carbocycles. The first-order valence-corrected chi connectivity index (χ1v) is 8.35. The Hall–Kier alpha value is -2.38. The maximum absolute atomic E-state index is 12.3. The molecular formula is C16H13ClN4O2S. The molecule has 1 atom stereocenters. The second-order valence-corrected chi connectivity index (χ2v) is 6.54. The number of carbonyl (C=O) groups excluding carboxylic acids is 1. The summed E-state index contributed by atoms with van der Waals surface area (Å²) in [4.78, 5) is 16.3. The summed E-state index contributed by atoms with van der Waals surface area (Å²) in [6.45, 7) is 1.75. The standard InChI is InChI=1S/C16H13ClN4O2S/c1-10(14(22)19-13-7-3-2-6-12(13)17)24-16-21-20-15(23-16)11-5-4-8-18-9-11/h2-10H,1H3,(H,19,22)/t10-/m0/s1. The third-order valence-corrected chi connectivity index (χ3v) is 4.36. The normalized spacial score (nSPS) is 11.9. The molecule has 0 aliphatic heterocycles. The third kappa shape index (κ3) is 3.93. The van der Waals surface area contributed by atoms with Gasteiger partial charge in [0.05, 0.1) is 21.5 Å². The molecule has 122 valence electrons. The number of amides is 1. The third-order valence-electron chi connectivity index (χ3n) is 3.09. The van der Waals surface area contributed by atoms with Gasteiger partial charge in [-0.1, -0.05) is 35.5 Å². The summed E-state index contributed by atoms with van der Waals surface area (Å²) in [5.41, 5.74) is 1.29. The number of hydrogen-bond acceptors (Lipinski definition) is 6. The van der Waals surface area contributed by atoms with Gasteiger partial charge >= 0.3 is 0 Å². The van der Waals surface area contributed by atoms with Gasteiger partial charge in [0.2, 0.25) is 11.8 Å². The van der Waals surface area contributed by atoms with Crippen molar-refractivity contribution < 1.29 is 9.21 Å². The largest absolute Gasteiger partial charge is 0.411 e. The van der Waals surface area contributed by atoms with Gasteiger partial charge in [0.25, 0.3) is 5.22 Å². The van der Waals surface area contributed by atoms with Gasteiger partial charge in [0.1, 0.15) is 0 Å². The first-order chi connectivity index (χ1) is 11.6. The van der Waals surface area contributed by atoms with Crippen LogP contribution >= 0.6 is 23.4 Å². The number of thioether (sulfide) groups is 1. The second-order valence-electron chi connectivity index (χ2n) is 4.84. The zero-order valence-corrected chi connectivity index (χ0v) is 14.2. The predicted molar refractivity (Wildman–Crippen MR) is 92.9 cm³/mol. The van der Waals surface area contributed by atoms with Crippen molar-refractivity contribution in [3.8, 4) is 11.5 Å². The summed E-state index contributed by atoms with van der Waals surface area (Å²) < 4.78 is 5.56. The number of hydrogen-bond donors (Lipinski definition) is 1. The van der Waals surface area contributed by atoms with Gasteiger partial charge < -0.3 is 9.73 Å². The van der Waals surface area contributed by atoms with E-state index in [1.807, 2.05) is 6.07 Å². The van der Waals surface area contributed by atoms with Gasteiger partial charge in [-0.15, -0.1) is 10.2 Å². The number of pyridine rings is 1. The van der Waals surface area contributed by atoms with Crippen molar-refractivity contribution in [1.82, 2.24) is 15.2 Å². The maximum atomic E-state index is 12.3. The van der Waals surface area contributed by atoms with Crippen LogP contribution < -0.4 is 5.32 Å². The first-order valence-electron chi connectivity index (χ1n) is 7.09. The van der Waals surface area contributed by atoms with E-state index in [1.165, 1.54) is 11.8 Å². The summed E-state index contributed by atoms with van der Waals surface area (Å²) >= 11 is 7.21. The Morgan fingerprint density at radius 3 is 2.83 bits per heavy atom. The van der Waals surface area contributed by atoms with E-state index in [-0.39, 0.29) is 5.91 Å². The minimum atomic E-state index is -0.427. The number of anilines is 1. The fraction of sp³-hybridized carbons (Fsp3) is 0.125. The Kier molecular flexibility index (Phi) is 5.12. The van der Waals surface area contributed by atoms with Crippen LogP contribution in [0.3, 0.4) is 0 Å². The van der Waals surface area contributed by atoms with Gasteiger partial charge in [0.15, 0.2) is 0 Å². The Balaban J connectivity index is 1.65. The molecule has 1 N–H and O–H groups in total. The van der Waals surface area contributed by atoms with E-state index < -0.39 is 5.25 Å². The molecule has 0 saturated carbocycles. The molecule has 3 aromatic rings. The molecular weight excluding hydrogens is 348 g/mol. The van der Waals surface area contributed by atoms with E-state index in [0.717, 1.165) is 5.56 Å². The Labute approximate surface area is 147 Å². The molecule has 0 bridgehead atoms. The van der Waals surface area contributed by atoms with E-state index in [1.54, 1.807) is 49.6 Å². The Morgan fingerprint density at radius 1 is 1.25 bits per heavy atom. The topological polar surface area (TPSA) is 80.9 Å². The molecule has 2 heterocycles. The average Bonchev–Trinajstić information content (AvgIpc) is 3.06. The molecule has 0 radical (unpaired) electrons. The first kappa shape index (κ1) is 16.5. The second kappa shape index (κ2) is 7.46. The van der Waals surface area contributed by atoms with Crippen LogP contribution in [-0.4, -0.2) is 26.3 Å². The van der Waals surface area contributed by atoms with Crippen molar-refractivity contribution in [2.24, 2.45) is 0 Å². The molecule has 1 aromatic carbocycles. The van der Waals surface area contributed by atoms with E-state index in [4.69, 9.17) is 16.0 Å². The van der Waals surface area contributed by atoms with E-state index in [2.05, 4.69) is 20.5 Å². The van der Waals surface area contributed by atoms with Crippen LogP contribution in [0, 0.1) is 0 Å². The lowest BCUT2D eigenvalue weighted by Gasteiger charge is -2.10. The van der Waals surface area contributed by atoms with Crippen molar-refractivity contribution in [1.29, 1.82) is 0 Å². The molecule has 8 heteroatoms. The molecule has 0 saturated heterocycles. The van der Waals surface area contributed by atoms with Crippen LogP contribution in [0.4, 0.5) is 5.69 Å². The lowest BCUT2D eigenvalue weighted by molar-refractivity contribution is -0.115. The van der Waals surface area contributed by atoms with Gasteiger partial charge in [-0.3, -0.25) is 9.78 Å². The summed E-state index contributed by atoms with van der Waals surface area (Å²) in [5, 5.41) is 11.1. The van der Waals surface area contributed by atoms with Gasteiger partial charge in [-0.05, 0) is 31.2 Å². The van der Waals surface area contributed by atoms with E-state index in [0.29, 0.717) is 21.8 Å². The van der Waals surface area contributed by atoms with Gasteiger partial charge in [-0.2, -0.15) is 0 Å². The molecule has 6 nitrogen and oxygen atoms in total. The van der Waals surface area contributed by atoms with Crippen molar-refractivity contribution in [3.63, 3.8) is 0 Å². The highest BCUT2D eigenvalue weighted by atomic mass is 35.5. The van der Waals surface area contributed by atoms with Gasteiger partial charge in [0, 0.05) is 12.4 Å². The molecule has 0 fully saturated rings. The van der Waals surface area contributed by atoms with Crippen molar-refractivity contribution in [2.75, 3.05) is 5.32 Å². The van der Waals surface area contributed by atoms with E-state index >= 15 is 0 Å². The summed E-state index contributed by atoms with van der Waals surface area (Å²) in [7, 11) is 0. The SMILES string of the molecule is C[C@H](Sc1nnc(-c2cccnc2)o1)C(=O)Nc1ccccc1Cl. The molecule has 3 rings (SSSR count). The maximum Gasteiger partial charge on any atom is 0.277 e.